The van der Waals surface area contributed by atoms with Crippen LogP contribution in [0.1, 0.15) is 11.1 Å². The van der Waals surface area contributed by atoms with Crippen molar-refractivity contribution in [3.63, 3.8) is 0 Å². The number of allylic oxidation sites excluding steroid dienone is 2. The molecule has 2 aromatic rings. The van der Waals surface area contributed by atoms with Gasteiger partial charge in [-0.1, -0.05) is 48.6 Å². The van der Waals surface area contributed by atoms with Crippen molar-refractivity contribution < 1.29 is 14.6 Å². The highest BCUT2D eigenvalue weighted by atomic mass is 16.5. The Balaban J connectivity index is 0.000000224. The van der Waals surface area contributed by atoms with Crippen LogP contribution >= 0.6 is 0 Å². The molecule has 0 spiro atoms. The van der Waals surface area contributed by atoms with Crippen molar-refractivity contribution in [2.45, 2.75) is 6.42 Å². The Morgan fingerprint density at radius 1 is 1.18 bits per heavy atom. The minimum Gasteiger partial charge on any atom is -0.504 e. The first-order chi connectivity index (χ1) is 10.7. The lowest BCUT2D eigenvalue weighted by molar-refractivity contribution is -0.104. The van der Waals surface area contributed by atoms with Crippen LogP contribution in [0, 0.1) is 0 Å². The number of ether oxygens (including phenoxy) is 1. The third-order valence-electron chi connectivity index (χ3n) is 2.79. The molecule has 0 aliphatic rings. The Morgan fingerprint density at radius 3 is 2.50 bits per heavy atom. The summed E-state index contributed by atoms with van der Waals surface area (Å²) in [6, 6.07) is 15.0. The van der Waals surface area contributed by atoms with Gasteiger partial charge in [0.25, 0.3) is 0 Å². The lowest BCUT2D eigenvalue weighted by Gasteiger charge is -2.04. The van der Waals surface area contributed by atoms with E-state index in [1.165, 1.54) is 13.2 Å². The van der Waals surface area contributed by atoms with Crippen LogP contribution in [-0.2, 0) is 11.2 Å². The highest BCUT2D eigenvalue weighted by Gasteiger charge is 2.00. The molecule has 0 aliphatic heterocycles. The second-order valence-corrected chi connectivity index (χ2v) is 4.40. The third kappa shape index (κ3) is 6.09. The first kappa shape index (κ1) is 17.2. The maximum Gasteiger partial charge on any atom is 0.160 e. The third-order valence-corrected chi connectivity index (χ3v) is 2.79. The summed E-state index contributed by atoms with van der Waals surface area (Å²) >= 11 is 0. The summed E-state index contributed by atoms with van der Waals surface area (Å²) in [5, 5.41) is 9.25. The molecule has 2 aromatic carbocycles. The van der Waals surface area contributed by atoms with Crippen molar-refractivity contribution in [3.8, 4) is 11.5 Å². The van der Waals surface area contributed by atoms with Crippen molar-refractivity contribution in [2.75, 3.05) is 7.11 Å². The Hall–Kier alpha value is -2.81. The number of methoxy groups -OCH3 is 1. The summed E-state index contributed by atoms with van der Waals surface area (Å²) < 4.78 is 4.95. The van der Waals surface area contributed by atoms with Crippen LogP contribution in [0.15, 0.2) is 67.3 Å². The van der Waals surface area contributed by atoms with Gasteiger partial charge in [0, 0.05) is 0 Å². The van der Waals surface area contributed by atoms with Gasteiger partial charge in [-0.05, 0) is 35.8 Å². The maximum atomic E-state index is 9.89. The molecule has 0 bridgehead atoms. The lowest BCUT2D eigenvalue weighted by atomic mass is 10.1. The van der Waals surface area contributed by atoms with E-state index in [0.29, 0.717) is 5.75 Å². The van der Waals surface area contributed by atoms with Crippen molar-refractivity contribution >= 4 is 12.4 Å². The van der Waals surface area contributed by atoms with E-state index in [1.54, 1.807) is 18.2 Å². The molecule has 22 heavy (non-hydrogen) atoms. The number of carbonyl (C=O) groups excluding carboxylic acids is 1. The highest BCUT2D eigenvalue weighted by Crippen LogP contribution is 2.26. The summed E-state index contributed by atoms with van der Waals surface area (Å²) in [5.41, 5.74) is 2.13. The fourth-order valence-corrected chi connectivity index (χ4v) is 1.73. The van der Waals surface area contributed by atoms with E-state index in [9.17, 15) is 9.90 Å². The predicted molar refractivity (Wildman–Crippen MR) is 90.1 cm³/mol. The number of phenolic OH excluding ortho intramolecular Hbond substituents is 1. The van der Waals surface area contributed by atoms with Gasteiger partial charge in [0.15, 0.2) is 11.5 Å². The molecule has 0 unspecified atom stereocenters. The Morgan fingerprint density at radius 2 is 1.91 bits per heavy atom. The fraction of sp³-hybridized carbons (Fsp3) is 0.105. The molecule has 0 aliphatic carbocycles. The van der Waals surface area contributed by atoms with E-state index in [1.807, 2.05) is 42.5 Å². The molecule has 3 nitrogen and oxygen atoms in total. The number of hydrogen-bond acceptors (Lipinski definition) is 3. The smallest absolute Gasteiger partial charge is 0.160 e. The van der Waals surface area contributed by atoms with Crippen LogP contribution in [0.5, 0.6) is 11.5 Å². The summed E-state index contributed by atoms with van der Waals surface area (Å²) in [5.74, 6) is 0.680. The average molecular weight is 296 g/mol. The normalized spacial score (nSPS) is 9.68. The average Bonchev–Trinajstić information content (AvgIpc) is 2.56. The monoisotopic (exact) mass is 296 g/mol. The number of phenols is 1. The van der Waals surface area contributed by atoms with Crippen LogP contribution in [0.25, 0.3) is 6.08 Å². The van der Waals surface area contributed by atoms with E-state index in [0.717, 1.165) is 23.8 Å². The molecule has 114 valence electrons. The maximum absolute atomic E-state index is 9.89. The second kappa shape index (κ2) is 10.00. The largest absolute Gasteiger partial charge is 0.504 e. The van der Waals surface area contributed by atoms with E-state index < -0.39 is 0 Å². The quantitative estimate of drug-likeness (QED) is 0.515. The Bertz CT molecular complexity index is 616. The van der Waals surface area contributed by atoms with Crippen molar-refractivity contribution in [1.82, 2.24) is 0 Å². The van der Waals surface area contributed by atoms with Gasteiger partial charge in [-0.3, -0.25) is 4.79 Å². The van der Waals surface area contributed by atoms with Gasteiger partial charge < -0.3 is 9.84 Å². The van der Waals surface area contributed by atoms with E-state index in [4.69, 9.17) is 4.74 Å². The van der Waals surface area contributed by atoms with E-state index in [-0.39, 0.29) is 5.75 Å². The van der Waals surface area contributed by atoms with Crippen molar-refractivity contribution in [1.29, 1.82) is 0 Å². The van der Waals surface area contributed by atoms with Gasteiger partial charge in [-0.2, -0.15) is 0 Å². The van der Waals surface area contributed by atoms with Gasteiger partial charge in [0.2, 0.25) is 0 Å². The van der Waals surface area contributed by atoms with Gasteiger partial charge in [-0.25, -0.2) is 0 Å². The molecule has 0 atom stereocenters. The Labute approximate surface area is 131 Å². The van der Waals surface area contributed by atoms with Crippen LogP contribution in [0.4, 0.5) is 0 Å². The number of carbonyl (C=O) groups is 1. The summed E-state index contributed by atoms with van der Waals surface area (Å²) in [4.78, 5) is 9.89. The first-order valence-electron chi connectivity index (χ1n) is 6.85. The molecule has 0 fully saturated rings. The summed E-state index contributed by atoms with van der Waals surface area (Å²) in [7, 11) is 1.53. The SMILES string of the molecule is C=CCc1ccc(O)c(OC)c1.O=C/C=C\c1ccccc1. The number of hydrogen-bond donors (Lipinski definition) is 1. The van der Waals surface area contributed by atoms with Gasteiger partial charge in [-0.15, -0.1) is 6.58 Å². The minimum absolute atomic E-state index is 0.172. The first-order valence-corrected chi connectivity index (χ1v) is 6.85. The number of benzene rings is 2. The highest BCUT2D eigenvalue weighted by molar-refractivity contribution is 5.73. The Kier molecular flexibility index (Phi) is 7.83. The van der Waals surface area contributed by atoms with Gasteiger partial charge in [0.1, 0.15) is 6.29 Å². The predicted octanol–water partition coefficient (Wildman–Crippen LogP) is 4.03. The van der Waals surface area contributed by atoms with E-state index >= 15 is 0 Å². The molecule has 2 rings (SSSR count). The van der Waals surface area contributed by atoms with Crippen molar-refractivity contribution in [3.05, 3.63) is 78.4 Å². The zero-order chi connectivity index (χ0) is 16.2. The standard InChI is InChI=1S/C10H12O2.C9H8O/c1-3-4-8-5-6-9(11)10(7-8)12-2;10-8-4-7-9-5-2-1-3-6-9/h3,5-7,11H,1,4H2,2H3;1-8H/b;7-4-. The van der Waals surface area contributed by atoms with E-state index in [2.05, 4.69) is 6.58 Å². The molecule has 1 N–H and O–H groups in total. The van der Waals surface area contributed by atoms with Crippen LogP contribution in [0.2, 0.25) is 0 Å². The molecule has 0 heterocycles. The molecule has 3 heteroatoms. The molecular weight excluding hydrogens is 276 g/mol. The molecule has 0 saturated carbocycles. The number of aromatic hydroxyl groups is 1. The van der Waals surface area contributed by atoms with Crippen molar-refractivity contribution in [2.24, 2.45) is 0 Å². The zero-order valence-electron chi connectivity index (χ0n) is 12.6. The molecule has 0 radical (unpaired) electrons. The molecule has 0 aromatic heterocycles. The van der Waals surface area contributed by atoms with Gasteiger partial charge >= 0.3 is 0 Å². The summed E-state index contributed by atoms with van der Waals surface area (Å²) in [6.07, 6.45) is 6.62. The molecule has 0 saturated heterocycles. The minimum atomic E-state index is 0.172. The number of rotatable bonds is 5. The zero-order valence-corrected chi connectivity index (χ0v) is 12.6. The van der Waals surface area contributed by atoms with Crippen LogP contribution in [-0.4, -0.2) is 18.5 Å². The molecule has 0 amide bonds. The van der Waals surface area contributed by atoms with Gasteiger partial charge in [0.05, 0.1) is 7.11 Å². The lowest BCUT2D eigenvalue weighted by Crippen LogP contribution is -1.86. The summed E-state index contributed by atoms with van der Waals surface area (Å²) in [6.45, 7) is 3.63. The topological polar surface area (TPSA) is 46.5 Å². The fourth-order valence-electron chi connectivity index (χ4n) is 1.73. The second-order valence-electron chi connectivity index (χ2n) is 4.40. The van der Waals surface area contributed by atoms with Crippen LogP contribution < -0.4 is 4.74 Å². The van der Waals surface area contributed by atoms with Crippen LogP contribution in [0.3, 0.4) is 0 Å². The number of aldehydes is 1. The molecular formula is C19H20O3.